The molecule has 98 valence electrons. The minimum absolute atomic E-state index is 0.117. The van der Waals surface area contributed by atoms with E-state index in [4.69, 9.17) is 0 Å². The van der Waals surface area contributed by atoms with Crippen LogP contribution >= 0.6 is 11.3 Å². The SMILES string of the molecule is O=C(/C=C/c1ccsc1)NCCc1ccc(F)cc1. The molecule has 0 aliphatic heterocycles. The highest BCUT2D eigenvalue weighted by Crippen LogP contribution is 2.07. The van der Waals surface area contributed by atoms with Crippen molar-refractivity contribution in [3.05, 3.63) is 64.1 Å². The van der Waals surface area contributed by atoms with Crippen molar-refractivity contribution >= 4 is 23.3 Å². The van der Waals surface area contributed by atoms with E-state index in [9.17, 15) is 9.18 Å². The number of nitrogens with one attached hydrogen (secondary N) is 1. The molecule has 1 aromatic carbocycles. The van der Waals surface area contributed by atoms with Gasteiger partial charge in [0.05, 0.1) is 0 Å². The number of hydrogen-bond acceptors (Lipinski definition) is 2. The number of amides is 1. The maximum Gasteiger partial charge on any atom is 0.244 e. The zero-order valence-corrected chi connectivity index (χ0v) is 11.1. The van der Waals surface area contributed by atoms with E-state index in [2.05, 4.69) is 5.32 Å². The largest absolute Gasteiger partial charge is 0.352 e. The van der Waals surface area contributed by atoms with Crippen LogP contribution < -0.4 is 5.32 Å². The third kappa shape index (κ3) is 4.67. The minimum atomic E-state index is -0.244. The smallest absolute Gasteiger partial charge is 0.244 e. The highest BCUT2D eigenvalue weighted by molar-refractivity contribution is 7.08. The maximum absolute atomic E-state index is 12.7. The van der Waals surface area contributed by atoms with E-state index in [1.807, 2.05) is 16.8 Å². The Labute approximate surface area is 115 Å². The third-order valence-electron chi connectivity index (χ3n) is 2.60. The Kier molecular flexibility index (Phi) is 4.86. The fraction of sp³-hybridized carbons (Fsp3) is 0.133. The fourth-order valence-electron chi connectivity index (χ4n) is 1.58. The molecule has 1 N–H and O–H groups in total. The molecule has 0 radical (unpaired) electrons. The summed E-state index contributed by atoms with van der Waals surface area (Å²) in [6.07, 6.45) is 3.99. The lowest BCUT2D eigenvalue weighted by atomic mass is 10.1. The van der Waals surface area contributed by atoms with Gasteiger partial charge in [-0.05, 0) is 52.6 Å². The van der Waals surface area contributed by atoms with Crippen molar-refractivity contribution in [3.63, 3.8) is 0 Å². The molecule has 0 bridgehead atoms. The number of rotatable bonds is 5. The first-order valence-electron chi connectivity index (χ1n) is 5.96. The van der Waals surface area contributed by atoms with Crippen molar-refractivity contribution in [1.82, 2.24) is 5.32 Å². The van der Waals surface area contributed by atoms with Crippen LogP contribution in [0.25, 0.3) is 6.08 Å². The summed E-state index contributed by atoms with van der Waals surface area (Å²) in [5.74, 6) is -0.361. The molecule has 1 heterocycles. The van der Waals surface area contributed by atoms with Crippen molar-refractivity contribution in [3.8, 4) is 0 Å². The Morgan fingerprint density at radius 2 is 2.05 bits per heavy atom. The number of carbonyl (C=O) groups excluding carboxylic acids is 1. The van der Waals surface area contributed by atoms with Crippen molar-refractivity contribution < 1.29 is 9.18 Å². The van der Waals surface area contributed by atoms with Crippen molar-refractivity contribution in [2.24, 2.45) is 0 Å². The van der Waals surface area contributed by atoms with E-state index in [1.54, 1.807) is 29.5 Å². The van der Waals surface area contributed by atoms with Crippen LogP contribution in [0.4, 0.5) is 4.39 Å². The zero-order valence-electron chi connectivity index (χ0n) is 10.3. The van der Waals surface area contributed by atoms with E-state index in [-0.39, 0.29) is 11.7 Å². The molecular weight excluding hydrogens is 261 g/mol. The Balaban J connectivity index is 1.73. The van der Waals surface area contributed by atoms with Gasteiger partial charge in [-0.2, -0.15) is 11.3 Å². The second-order valence-electron chi connectivity index (χ2n) is 4.06. The molecule has 0 unspecified atom stereocenters. The first-order chi connectivity index (χ1) is 9.24. The molecule has 0 saturated carbocycles. The first-order valence-corrected chi connectivity index (χ1v) is 6.91. The topological polar surface area (TPSA) is 29.1 Å². The number of carbonyl (C=O) groups is 1. The van der Waals surface area contributed by atoms with Crippen LogP contribution in [-0.2, 0) is 11.2 Å². The predicted octanol–water partition coefficient (Wildman–Crippen LogP) is 3.26. The summed E-state index contributed by atoms with van der Waals surface area (Å²) in [6.45, 7) is 0.540. The molecule has 1 aromatic heterocycles. The second-order valence-corrected chi connectivity index (χ2v) is 4.84. The predicted molar refractivity (Wildman–Crippen MR) is 76.5 cm³/mol. The van der Waals surface area contributed by atoms with E-state index in [1.165, 1.54) is 18.2 Å². The van der Waals surface area contributed by atoms with Gasteiger partial charge in [0.25, 0.3) is 0 Å². The zero-order chi connectivity index (χ0) is 13.5. The number of halogens is 1. The molecule has 2 rings (SSSR count). The standard InChI is InChI=1S/C15H14FNOS/c16-14-4-1-12(2-5-14)7-9-17-15(18)6-3-13-8-10-19-11-13/h1-6,8,10-11H,7,9H2,(H,17,18)/b6-3+. The van der Waals surface area contributed by atoms with Crippen LogP contribution in [0.5, 0.6) is 0 Å². The number of benzene rings is 1. The first kappa shape index (κ1) is 13.5. The van der Waals surface area contributed by atoms with E-state index >= 15 is 0 Å². The normalized spacial score (nSPS) is 10.8. The van der Waals surface area contributed by atoms with Crippen molar-refractivity contribution in [2.45, 2.75) is 6.42 Å². The Morgan fingerprint density at radius 1 is 1.26 bits per heavy atom. The Hall–Kier alpha value is -1.94. The molecule has 0 atom stereocenters. The van der Waals surface area contributed by atoms with Crippen LogP contribution in [0.1, 0.15) is 11.1 Å². The fourth-order valence-corrected chi connectivity index (χ4v) is 2.21. The van der Waals surface area contributed by atoms with Crippen molar-refractivity contribution in [1.29, 1.82) is 0 Å². The van der Waals surface area contributed by atoms with E-state index in [0.29, 0.717) is 13.0 Å². The summed E-state index contributed by atoms with van der Waals surface area (Å²) in [7, 11) is 0. The van der Waals surface area contributed by atoms with Gasteiger partial charge in [-0.1, -0.05) is 12.1 Å². The molecule has 0 spiro atoms. The van der Waals surface area contributed by atoms with Gasteiger partial charge in [0.2, 0.25) is 5.91 Å². The number of hydrogen-bond donors (Lipinski definition) is 1. The molecule has 1 amide bonds. The lowest BCUT2D eigenvalue weighted by Gasteiger charge is -2.02. The molecule has 2 nitrogen and oxygen atoms in total. The van der Waals surface area contributed by atoms with Crippen LogP contribution in [-0.4, -0.2) is 12.5 Å². The summed E-state index contributed by atoms with van der Waals surface area (Å²) in [5, 5.41) is 6.73. The molecule has 0 aliphatic carbocycles. The number of thiophene rings is 1. The van der Waals surface area contributed by atoms with E-state index < -0.39 is 0 Å². The van der Waals surface area contributed by atoms with Crippen LogP contribution in [0.2, 0.25) is 0 Å². The summed E-state index contributed by atoms with van der Waals surface area (Å²) < 4.78 is 12.7. The van der Waals surface area contributed by atoms with E-state index in [0.717, 1.165) is 11.1 Å². The average Bonchev–Trinajstić information content (AvgIpc) is 2.92. The lowest BCUT2D eigenvalue weighted by Crippen LogP contribution is -2.23. The van der Waals surface area contributed by atoms with Gasteiger partial charge in [-0.25, -0.2) is 4.39 Å². The Morgan fingerprint density at radius 3 is 2.74 bits per heavy atom. The van der Waals surface area contributed by atoms with Crippen LogP contribution in [0.3, 0.4) is 0 Å². The summed E-state index contributed by atoms with van der Waals surface area (Å²) in [5.41, 5.74) is 2.03. The van der Waals surface area contributed by atoms with Gasteiger partial charge in [0.15, 0.2) is 0 Å². The minimum Gasteiger partial charge on any atom is -0.352 e. The molecule has 0 saturated heterocycles. The van der Waals surface area contributed by atoms with Crippen LogP contribution in [0.15, 0.2) is 47.2 Å². The average molecular weight is 275 g/mol. The summed E-state index contributed by atoms with van der Waals surface area (Å²) in [4.78, 5) is 11.5. The summed E-state index contributed by atoms with van der Waals surface area (Å²) >= 11 is 1.59. The monoisotopic (exact) mass is 275 g/mol. The van der Waals surface area contributed by atoms with Gasteiger partial charge >= 0.3 is 0 Å². The highest BCUT2D eigenvalue weighted by Gasteiger charge is 1.97. The molecule has 19 heavy (non-hydrogen) atoms. The van der Waals surface area contributed by atoms with Gasteiger partial charge in [-0.3, -0.25) is 4.79 Å². The summed E-state index contributed by atoms with van der Waals surface area (Å²) in [6, 6.07) is 8.25. The quantitative estimate of drug-likeness (QED) is 0.834. The van der Waals surface area contributed by atoms with Crippen LogP contribution in [0, 0.1) is 5.82 Å². The van der Waals surface area contributed by atoms with Gasteiger partial charge in [0.1, 0.15) is 5.82 Å². The molecule has 4 heteroatoms. The Bertz CT molecular complexity index is 546. The van der Waals surface area contributed by atoms with Gasteiger partial charge in [0, 0.05) is 12.6 Å². The lowest BCUT2D eigenvalue weighted by molar-refractivity contribution is -0.116. The molecule has 2 aromatic rings. The maximum atomic E-state index is 12.7. The van der Waals surface area contributed by atoms with Gasteiger partial charge < -0.3 is 5.32 Å². The molecule has 0 fully saturated rings. The van der Waals surface area contributed by atoms with Crippen molar-refractivity contribution in [2.75, 3.05) is 6.54 Å². The third-order valence-corrected chi connectivity index (χ3v) is 3.30. The molecular formula is C15H14FNOS. The highest BCUT2D eigenvalue weighted by atomic mass is 32.1. The second kappa shape index (κ2) is 6.85. The van der Waals surface area contributed by atoms with Gasteiger partial charge in [-0.15, -0.1) is 0 Å². The molecule has 0 aliphatic rings.